The quantitative estimate of drug-likeness (QED) is 0.358. The van der Waals surface area contributed by atoms with E-state index in [1.807, 2.05) is 13.0 Å². The first-order valence-corrected chi connectivity index (χ1v) is 9.67. The van der Waals surface area contributed by atoms with Crippen molar-refractivity contribution in [2.75, 3.05) is 20.1 Å². The average molecular weight is 374 g/mol. The molecule has 2 aromatic carbocycles. The van der Waals surface area contributed by atoms with Crippen molar-refractivity contribution in [1.82, 2.24) is 25.2 Å². The molecule has 0 amide bonds. The van der Waals surface area contributed by atoms with E-state index >= 15 is 0 Å². The molecule has 4 rings (SSSR count). The normalized spacial score (nSPS) is 12.0. The van der Waals surface area contributed by atoms with Gasteiger partial charge < -0.3 is 20.2 Å². The van der Waals surface area contributed by atoms with Crippen LogP contribution in [0.5, 0.6) is 0 Å². The summed E-state index contributed by atoms with van der Waals surface area (Å²) < 4.78 is 2.24. The van der Waals surface area contributed by atoms with Gasteiger partial charge in [0, 0.05) is 43.8 Å². The van der Waals surface area contributed by atoms with Gasteiger partial charge in [0.1, 0.15) is 5.82 Å². The highest BCUT2D eigenvalue weighted by molar-refractivity contribution is 5.83. The van der Waals surface area contributed by atoms with Gasteiger partial charge in [-0.25, -0.2) is 4.98 Å². The number of hydrogen-bond acceptors (Lipinski definition) is 2. The Bertz CT molecular complexity index is 1100. The summed E-state index contributed by atoms with van der Waals surface area (Å²) in [5, 5.41) is 8.09. The van der Waals surface area contributed by atoms with Gasteiger partial charge in [-0.1, -0.05) is 30.3 Å². The number of nitrogens with zero attached hydrogens (tertiary/aromatic N) is 3. The van der Waals surface area contributed by atoms with Gasteiger partial charge in [-0.15, -0.1) is 0 Å². The number of imidazole rings is 1. The Morgan fingerprint density at radius 2 is 1.86 bits per heavy atom. The molecule has 144 valence electrons. The standard InChI is InChI=1S/C22H26N6/c1-16-27-20-9-5-6-10-21(20)28(16)14-13-25-22(23-2)24-12-11-17-15-26-19-8-4-3-7-18(17)19/h3-10,15,26H,11-14H2,1-2H3,(H2,23,24,25). The third-order valence-corrected chi connectivity index (χ3v) is 5.06. The van der Waals surface area contributed by atoms with Crippen LogP contribution in [0.25, 0.3) is 21.9 Å². The van der Waals surface area contributed by atoms with E-state index in [-0.39, 0.29) is 0 Å². The Morgan fingerprint density at radius 3 is 2.75 bits per heavy atom. The monoisotopic (exact) mass is 374 g/mol. The summed E-state index contributed by atoms with van der Waals surface area (Å²) >= 11 is 0. The number of para-hydroxylation sites is 3. The van der Waals surface area contributed by atoms with Crippen LogP contribution in [0.2, 0.25) is 0 Å². The first-order valence-electron chi connectivity index (χ1n) is 9.67. The third kappa shape index (κ3) is 3.71. The van der Waals surface area contributed by atoms with Gasteiger partial charge in [0.2, 0.25) is 0 Å². The predicted octanol–water partition coefficient (Wildman–Crippen LogP) is 3.23. The number of hydrogen-bond donors (Lipinski definition) is 3. The number of rotatable bonds is 6. The second kappa shape index (κ2) is 8.17. The molecule has 6 heteroatoms. The number of aromatic amines is 1. The molecule has 0 unspecified atom stereocenters. The number of fused-ring (bicyclic) bond motifs is 2. The maximum absolute atomic E-state index is 4.62. The summed E-state index contributed by atoms with van der Waals surface area (Å²) in [4.78, 5) is 12.3. The Labute approximate surface area is 164 Å². The van der Waals surface area contributed by atoms with Crippen LogP contribution in [0.1, 0.15) is 11.4 Å². The van der Waals surface area contributed by atoms with Gasteiger partial charge in [0.05, 0.1) is 11.0 Å². The molecule has 0 aliphatic rings. The number of H-pyrrole nitrogens is 1. The molecule has 2 aromatic heterocycles. The van der Waals surface area contributed by atoms with E-state index in [1.165, 1.54) is 22.0 Å². The molecule has 0 saturated heterocycles. The van der Waals surface area contributed by atoms with E-state index in [1.54, 1.807) is 7.05 Å². The lowest BCUT2D eigenvalue weighted by Gasteiger charge is -2.13. The molecule has 0 aliphatic carbocycles. The van der Waals surface area contributed by atoms with Crippen LogP contribution in [-0.4, -0.2) is 40.6 Å². The van der Waals surface area contributed by atoms with Crippen molar-refractivity contribution in [1.29, 1.82) is 0 Å². The number of benzene rings is 2. The maximum atomic E-state index is 4.62. The Hall–Kier alpha value is -3.28. The first kappa shape index (κ1) is 18.1. The van der Waals surface area contributed by atoms with Crippen LogP contribution in [0.4, 0.5) is 0 Å². The van der Waals surface area contributed by atoms with Crippen molar-refractivity contribution < 1.29 is 0 Å². The van der Waals surface area contributed by atoms with Crippen molar-refractivity contribution >= 4 is 27.9 Å². The highest BCUT2D eigenvalue weighted by Gasteiger charge is 2.07. The molecular formula is C22H26N6. The van der Waals surface area contributed by atoms with Gasteiger partial charge in [0.25, 0.3) is 0 Å². The molecular weight excluding hydrogens is 348 g/mol. The predicted molar refractivity (Wildman–Crippen MR) is 116 cm³/mol. The van der Waals surface area contributed by atoms with Gasteiger partial charge in [-0.05, 0) is 37.1 Å². The summed E-state index contributed by atoms with van der Waals surface area (Å²) in [7, 11) is 1.80. The Kier molecular flexibility index (Phi) is 5.28. The van der Waals surface area contributed by atoms with Gasteiger partial charge >= 0.3 is 0 Å². The van der Waals surface area contributed by atoms with E-state index in [0.717, 1.165) is 43.4 Å². The van der Waals surface area contributed by atoms with Crippen LogP contribution in [-0.2, 0) is 13.0 Å². The molecule has 0 spiro atoms. The highest BCUT2D eigenvalue weighted by Crippen LogP contribution is 2.17. The fourth-order valence-electron chi connectivity index (χ4n) is 3.64. The molecule has 0 saturated carbocycles. The summed E-state index contributed by atoms with van der Waals surface area (Å²) in [6.07, 6.45) is 3.03. The first-order chi connectivity index (χ1) is 13.8. The van der Waals surface area contributed by atoms with Crippen molar-refractivity contribution in [3.05, 3.63) is 66.1 Å². The van der Waals surface area contributed by atoms with Crippen LogP contribution >= 0.6 is 0 Å². The van der Waals surface area contributed by atoms with Crippen molar-refractivity contribution in [3.8, 4) is 0 Å². The maximum Gasteiger partial charge on any atom is 0.191 e. The van der Waals surface area contributed by atoms with E-state index in [9.17, 15) is 0 Å². The minimum Gasteiger partial charge on any atom is -0.361 e. The van der Waals surface area contributed by atoms with Crippen molar-refractivity contribution in [2.45, 2.75) is 19.9 Å². The lowest BCUT2D eigenvalue weighted by molar-refractivity contribution is 0.660. The minimum absolute atomic E-state index is 0.786. The molecule has 0 bridgehead atoms. The molecule has 0 atom stereocenters. The number of guanidine groups is 1. The van der Waals surface area contributed by atoms with Crippen molar-refractivity contribution in [2.24, 2.45) is 4.99 Å². The molecule has 4 aromatic rings. The smallest absolute Gasteiger partial charge is 0.191 e. The second-order valence-electron chi connectivity index (χ2n) is 6.83. The molecule has 0 fully saturated rings. The lowest BCUT2D eigenvalue weighted by atomic mass is 10.1. The average Bonchev–Trinajstić information content (AvgIpc) is 3.27. The van der Waals surface area contributed by atoms with Gasteiger partial charge in [-0.2, -0.15) is 0 Å². The highest BCUT2D eigenvalue weighted by atomic mass is 15.2. The van der Waals surface area contributed by atoms with Crippen molar-refractivity contribution in [3.63, 3.8) is 0 Å². The van der Waals surface area contributed by atoms with Gasteiger partial charge in [0.15, 0.2) is 5.96 Å². The lowest BCUT2D eigenvalue weighted by Crippen LogP contribution is -2.39. The minimum atomic E-state index is 0.786. The SMILES string of the molecule is CN=C(NCCc1c[nH]c2ccccc12)NCCn1c(C)nc2ccccc21. The van der Waals surface area contributed by atoms with Crippen LogP contribution in [0.15, 0.2) is 59.7 Å². The van der Waals surface area contributed by atoms with E-state index in [2.05, 4.69) is 78.8 Å². The summed E-state index contributed by atoms with van der Waals surface area (Å²) in [5.41, 5.74) is 4.72. The number of aromatic nitrogens is 3. The third-order valence-electron chi connectivity index (χ3n) is 5.06. The van der Waals surface area contributed by atoms with E-state index < -0.39 is 0 Å². The second-order valence-corrected chi connectivity index (χ2v) is 6.83. The summed E-state index contributed by atoms with van der Waals surface area (Å²) in [5.74, 6) is 1.85. The van der Waals surface area contributed by atoms with E-state index in [4.69, 9.17) is 0 Å². The topological polar surface area (TPSA) is 70.0 Å². The zero-order chi connectivity index (χ0) is 19.3. The van der Waals surface area contributed by atoms with Crippen LogP contribution in [0.3, 0.4) is 0 Å². The van der Waals surface area contributed by atoms with Crippen LogP contribution < -0.4 is 10.6 Å². The molecule has 0 radical (unpaired) electrons. The van der Waals surface area contributed by atoms with Crippen LogP contribution in [0, 0.1) is 6.92 Å². The Balaban J connectivity index is 1.30. The number of aliphatic imine (C=N–C) groups is 1. The summed E-state index contributed by atoms with van der Waals surface area (Å²) in [6, 6.07) is 16.6. The number of nitrogens with one attached hydrogen (secondary N) is 3. The molecule has 0 aliphatic heterocycles. The fourth-order valence-corrected chi connectivity index (χ4v) is 3.64. The zero-order valence-corrected chi connectivity index (χ0v) is 16.4. The van der Waals surface area contributed by atoms with Gasteiger partial charge in [-0.3, -0.25) is 4.99 Å². The Morgan fingerprint density at radius 1 is 1.07 bits per heavy atom. The van der Waals surface area contributed by atoms with E-state index in [0.29, 0.717) is 0 Å². The molecule has 3 N–H and O–H groups in total. The largest absolute Gasteiger partial charge is 0.361 e. The number of aryl methyl sites for hydroxylation is 1. The fraction of sp³-hybridized carbons (Fsp3) is 0.273. The summed E-state index contributed by atoms with van der Waals surface area (Å²) in [6.45, 7) is 4.51. The zero-order valence-electron chi connectivity index (χ0n) is 16.4. The molecule has 28 heavy (non-hydrogen) atoms. The molecule has 2 heterocycles. The molecule has 6 nitrogen and oxygen atoms in total.